The third kappa shape index (κ3) is 14.2. The second kappa shape index (κ2) is 17.8. The lowest BCUT2D eigenvalue weighted by atomic mass is 10.0. The van der Waals surface area contributed by atoms with E-state index < -0.39 is 0 Å². The largest absolute Gasteiger partial charge is 0.314 e. The summed E-state index contributed by atoms with van der Waals surface area (Å²) < 4.78 is 0. The number of rotatable bonds is 19. The second-order valence-corrected chi connectivity index (χ2v) is 9.78. The normalized spacial score (nSPS) is 13.7. The van der Waals surface area contributed by atoms with Crippen molar-refractivity contribution < 1.29 is 0 Å². The van der Waals surface area contributed by atoms with Crippen LogP contribution >= 0.6 is 0 Å². The summed E-state index contributed by atoms with van der Waals surface area (Å²) in [6, 6.07) is 9.95. The minimum atomic E-state index is 0.642. The Morgan fingerprint density at radius 2 is 1.33 bits per heavy atom. The van der Waals surface area contributed by atoms with Crippen molar-refractivity contribution in [1.82, 2.24) is 10.2 Å². The van der Waals surface area contributed by atoms with Gasteiger partial charge in [-0.15, -0.1) is 0 Å². The molecule has 2 heteroatoms. The first-order chi connectivity index (χ1) is 14.5. The average molecular weight is 417 g/mol. The molecule has 0 fully saturated rings. The minimum absolute atomic E-state index is 0.642. The van der Waals surface area contributed by atoms with Crippen molar-refractivity contribution in [3.63, 3.8) is 0 Å². The molecule has 0 radical (unpaired) electrons. The number of benzene rings is 1. The van der Waals surface area contributed by atoms with Crippen LogP contribution in [0.1, 0.15) is 109 Å². The quantitative estimate of drug-likeness (QED) is 0.233. The van der Waals surface area contributed by atoms with Crippen LogP contribution < -0.4 is 5.32 Å². The molecule has 1 rings (SSSR count). The Bertz CT molecular complexity index is 496. The lowest BCUT2D eigenvalue weighted by Crippen LogP contribution is -2.28. The maximum Gasteiger partial charge on any atom is 0.0230 e. The maximum atomic E-state index is 3.71. The third-order valence-electron chi connectivity index (χ3n) is 6.30. The zero-order valence-corrected chi connectivity index (χ0v) is 21.0. The lowest BCUT2D eigenvalue weighted by molar-refractivity contribution is 0.268. The minimum Gasteiger partial charge on any atom is -0.314 e. The van der Waals surface area contributed by atoms with Crippen LogP contribution in [0.5, 0.6) is 0 Å². The molecule has 174 valence electrons. The first kappa shape index (κ1) is 27.2. The Labute approximate surface area is 189 Å². The molecule has 0 aliphatic carbocycles. The highest BCUT2D eigenvalue weighted by atomic mass is 15.1. The van der Waals surface area contributed by atoms with Gasteiger partial charge in [0.05, 0.1) is 0 Å². The van der Waals surface area contributed by atoms with Gasteiger partial charge in [0.1, 0.15) is 0 Å². The van der Waals surface area contributed by atoms with Crippen molar-refractivity contribution >= 4 is 0 Å². The second-order valence-electron chi connectivity index (χ2n) is 9.78. The zero-order valence-electron chi connectivity index (χ0n) is 21.0. The van der Waals surface area contributed by atoms with Gasteiger partial charge in [-0.1, -0.05) is 103 Å². The molecule has 0 aromatic heterocycles. The Hall–Kier alpha value is -0.860. The number of nitrogens with zero attached hydrogens (tertiary/aromatic N) is 1. The molecule has 0 saturated carbocycles. The molecule has 0 saturated heterocycles. The fourth-order valence-corrected chi connectivity index (χ4v) is 4.35. The highest BCUT2D eigenvalue weighted by Crippen LogP contribution is 2.14. The maximum absolute atomic E-state index is 3.71. The van der Waals surface area contributed by atoms with Crippen LogP contribution in [-0.2, 0) is 13.0 Å². The molecule has 0 aliphatic rings. The van der Waals surface area contributed by atoms with Gasteiger partial charge in [-0.2, -0.15) is 0 Å². The molecule has 2 atom stereocenters. The van der Waals surface area contributed by atoms with Gasteiger partial charge in [0.15, 0.2) is 0 Å². The number of hydrogen-bond acceptors (Lipinski definition) is 2. The summed E-state index contributed by atoms with van der Waals surface area (Å²) in [4.78, 5) is 2.49. The summed E-state index contributed by atoms with van der Waals surface area (Å²) in [5, 5.41) is 3.71. The van der Waals surface area contributed by atoms with Gasteiger partial charge < -0.3 is 10.2 Å². The molecule has 1 aromatic rings. The number of hydrogen-bond donors (Lipinski definition) is 1. The fraction of sp³-hybridized carbons (Fsp3) is 0.786. The molecule has 0 amide bonds. The summed E-state index contributed by atoms with van der Waals surface area (Å²) in [6.07, 6.45) is 16.2. The lowest BCUT2D eigenvalue weighted by Gasteiger charge is -2.21. The average Bonchev–Trinajstić information content (AvgIpc) is 2.72. The van der Waals surface area contributed by atoms with Gasteiger partial charge in [-0.3, -0.25) is 0 Å². The fourth-order valence-electron chi connectivity index (χ4n) is 4.35. The Morgan fingerprint density at radius 3 is 2.00 bits per heavy atom. The van der Waals surface area contributed by atoms with Gasteiger partial charge in [0.2, 0.25) is 0 Å². The Balaban J connectivity index is 2.18. The van der Waals surface area contributed by atoms with E-state index in [0.717, 1.165) is 25.4 Å². The van der Waals surface area contributed by atoms with E-state index in [-0.39, 0.29) is 0 Å². The molecule has 0 aliphatic heterocycles. The van der Waals surface area contributed by atoms with Crippen LogP contribution in [0.4, 0.5) is 0 Å². The van der Waals surface area contributed by atoms with E-state index in [1.807, 2.05) is 0 Å². The SMILES string of the molecule is CCCCCCCC(C)NCCc1ccc(CN(C)CC(C)CCCCCC)cc1. The summed E-state index contributed by atoms with van der Waals surface area (Å²) in [6.45, 7) is 12.7. The smallest absolute Gasteiger partial charge is 0.0230 e. The molecule has 0 heterocycles. The van der Waals surface area contributed by atoms with Gasteiger partial charge in [-0.05, 0) is 56.8 Å². The molecular formula is C28H52N2. The Morgan fingerprint density at radius 1 is 0.767 bits per heavy atom. The zero-order chi connectivity index (χ0) is 22.0. The summed E-state index contributed by atoms with van der Waals surface area (Å²) in [5.74, 6) is 0.797. The number of nitrogens with one attached hydrogen (secondary N) is 1. The summed E-state index contributed by atoms with van der Waals surface area (Å²) >= 11 is 0. The molecule has 1 N–H and O–H groups in total. The first-order valence-corrected chi connectivity index (χ1v) is 13.0. The monoisotopic (exact) mass is 416 g/mol. The van der Waals surface area contributed by atoms with Crippen LogP contribution in [0, 0.1) is 5.92 Å². The predicted octanol–water partition coefficient (Wildman–Crippen LogP) is 7.61. The van der Waals surface area contributed by atoms with E-state index >= 15 is 0 Å². The molecule has 2 unspecified atom stereocenters. The van der Waals surface area contributed by atoms with Crippen molar-refractivity contribution in [3.8, 4) is 0 Å². The van der Waals surface area contributed by atoms with E-state index in [2.05, 4.69) is 69.2 Å². The van der Waals surface area contributed by atoms with Crippen molar-refractivity contribution in [2.45, 2.75) is 117 Å². The van der Waals surface area contributed by atoms with E-state index in [4.69, 9.17) is 0 Å². The van der Waals surface area contributed by atoms with E-state index in [0.29, 0.717) is 6.04 Å². The van der Waals surface area contributed by atoms with Gasteiger partial charge in [0.25, 0.3) is 0 Å². The van der Waals surface area contributed by atoms with Crippen LogP contribution in [-0.4, -0.2) is 31.1 Å². The van der Waals surface area contributed by atoms with Crippen LogP contribution in [0.3, 0.4) is 0 Å². The molecular weight excluding hydrogens is 364 g/mol. The highest BCUT2D eigenvalue weighted by Gasteiger charge is 2.07. The summed E-state index contributed by atoms with van der Waals surface area (Å²) in [5.41, 5.74) is 2.89. The predicted molar refractivity (Wildman–Crippen MR) is 135 cm³/mol. The molecule has 0 spiro atoms. The molecule has 1 aromatic carbocycles. The van der Waals surface area contributed by atoms with Gasteiger partial charge >= 0.3 is 0 Å². The molecule has 30 heavy (non-hydrogen) atoms. The topological polar surface area (TPSA) is 15.3 Å². The summed E-state index contributed by atoms with van der Waals surface area (Å²) in [7, 11) is 2.27. The molecule has 0 bridgehead atoms. The van der Waals surface area contributed by atoms with E-state index in [1.54, 1.807) is 0 Å². The van der Waals surface area contributed by atoms with Crippen LogP contribution in [0.15, 0.2) is 24.3 Å². The van der Waals surface area contributed by atoms with Gasteiger partial charge in [0, 0.05) is 19.1 Å². The number of unbranched alkanes of at least 4 members (excludes halogenated alkanes) is 7. The highest BCUT2D eigenvalue weighted by molar-refractivity contribution is 5.22. The third-order valence-corrected chi connectivity index (χ3v) is 6.30. The van der Waals surface area contributed by atoms with E-state index in [9.17, 15) is 0 Å². The van der Waals surface area contributed by atoms with Crippen molar-refractivity contribution in [2.24, 2.45) is 5.92 Å². The van der Waals surface area contributed by atoms with Crippen molar-refractivity contribution in [1.29, 1.82) is 0 Å². The van der Waals surface area contributed by atoms with Crippen LogP contribution in [0.2, 0.25) is 0 Å². The van der Waals surface area contributed by atoms with Crippen LogP contribution in [0.25, 0.3) is 0 Å². The van der Waals surface area contributed by atoms with Crippen molar-refractivity contribution in [3.05, 3.63) is 35.4 Å². The Kier molecular flexibility index (Phi) is 16.1. The first-order valence-electron chi connectivity index (χ1n) is 13.0. The molecule has 2 nitrogen and oxygen atoms in total. The standard InChI is InChI=1S/C28H52N2/c1-6-8-10-12-14-16-26(4)29-22-21-27-17-19-28(20-18-27)24-30(5)23-25(3)15-13-11-9-7-2/h17-20,25-26,29H,6-16,21-24H2,1-5H3. The van der Waals surface area contributed by atoms with Gasteiger partial charge in [-0.25, -0.2) is 0 Å². The van der Waals surface area contributed by atoms with Crippen molar-refractivity contribution in [2.75, 3.05) is 20.1 Å². The van der Waals surface area contributed by atoms with E-state index in [1.165, 1.54) is 88.3 Å².